The molecular weight excluding hydrogens is 418 g/mol. The topological polar surface area (TPSA) is 47.6 Å². The number of ether oxygens (including phenoxy) is 2. The first-order valence-electron chi connectivity index (χ1n) is 9.08. The minimum absolute atomic E-state index is 0.188. The van der Waals surface area contributed by atoms with Gasteiger partial charge in [0, 0.05) is 15.6 Å². The zero-order valence-corrected chi connectivity index (χ0v) is 17.5. The number of carbonyl (C=O) groups excluding carboxylic acids is 1. The predicted molar refractivity (Wildman–Crippen MR) is 115 cm³/mol. The molecule has 3 aromatic rings. The van der Waals surface area contributed by atoms with Crippen LogP contribution in [0.1, 0.15) is 28.4 Å². The summed E-state index contributed by atoms with van der Waals surface area (Å²) in [6, 6.07) is 20.7. The summed E-state index contributed by atoms with van der Waals surface area (Å²) in [4.78, 5) is 12.7. The highest BCUT2D eigenvalue weighted by Crippen LogP contribution is 2.25. The van der Waals surface area contributed by atoms with Gasteiger partial charge in [-0.15, -0.1) is 0 Å². The Hall–Kier alpha value is -2.79. The summed E-state index contributed by atoms with van der Waals surface area (Å²) in [6.45, 7) is 4.82. The standard InChI is InChI=1S/C23H22BrNO3/c1-3-27-22-13-10-17(23(26)25-21-7-5-4-6-20(21)24)14-18(22)15-28-19-11-8-16(2)9-12-19/h4-14H,3,15H2,1-2H3,(H,25,26). The van der Waals surface area contributed by atoms with Crippen LogP contribution < -0.4 is 14.8 Å². The van der Waals surface area contributed by atoms with Gasteiger partial charge in [-0.1, -0.05) is 29.8 Å². The number of aryl methyl sites for hydroxylation is 1. The molecule has 0 fully saturated rings. The molecule has 3 aromatic carbocycles. The summed E-state index contributed by atoms with van der Waals surface area (Å²) >= 11 is 3.44. The number of nitrogens with one attached hydrogen (secondary N) is 1. The Bertz CT molecular complexity index is 954. The molecule has 1 amide bonds. The molecule has 0 aromatic heterocycles. The summed E-state index contributed by atoms with van der Waals surface area (Å²) in [6.07, 6.45) is 0. The van der Waals surface area contributed by atoms with Crippen LogP contribution in [0.25, 0.3) is 0 Å². The van der Waals surface area contributed by atoms with Crippen molar-refractivity contribution < 1.29 is 14.3 Å². The largest absolute Gasteiger partial charge is 0.493 e. The molecule has 0 bridgehead atoms. The summed E-state index contributed by atoms with van der Waals surface area (Å²) in [5.41, 5.74) is 3.26. The first kappa shape index (κ1) is 20.0. The van der Waals surface area contributed by atoms with Gasteiger partial charge in [-0.25, -0.2) is 0 Å². The van der Waals surface area contributed by atoms with Gasteiger partial charge in [-0.2, -0.15) is 0 Å². The number of rotatable bonds is 7. The molecular formula is C23H22BrNO3. The van der Waals surface area contributed by atoms with E-state index in [1.54, 1.807) is 6.07 Å². The van der Waals surface area contributed by atoms with Crippen LogP contribution in [0.5, 0.6) is 11.5 Å². The number of hydrogen-bond donors (Lipinski definition) is 1. The van der Waals surface area contributed by atoms with Crippen molar-refractivity contribution in [2.24, 2.45) is 0 Å². The van der Waals surface area contributed by atoms with Crippen LogP contribution in [-0.2, 0) is 6.61 Å². The minimum atomic E-state index is -0.188. The fraction of sp³-hybridized carbons (Fsp3) is 0.174. The monoisotopic (exact) mass is 439 g/mol. The number of amides is 1. The highest BCUT2D eigenvalue weighted by atomic mass is 79.9. The van der Waals surface area contributed by atoms with Crippen molar-refractivity contribution in [2.75, 3.05) is 11.9 Å². The van der Waals surface area contributed by atoms with E-state index in [0.717, 1.165) is 21.5 Å². The Labute approximate surface area is 173 Å². The maximum absolute atomic E-state index is 12.7. The molecule has 0 spiro atoms. The van der Waals surface area contributed by atoms with Crippen molar-refractivity contribution in [3.8, 4) is 11.5 Å². The third-order valence-corrected chi connectivity index (χ3v) is 4.85. The van der Waals surface area contributed by atoms with Gasteiger partial charge in [0.2, 0.25) is 0 Å². The minimum Gasteiger partial charge on any atom is -0.493 e. The van der Waals surface area contributed by atoms with E-state index in [2.05, 4.69) is 21.2 Å². The van der Waals surface area contributed by atoms with Crippen LogP contribution in [-0.4, -0.2) is 12.5 Å². The van der Waals surface area contributed by atoms with E-state index in [0.29, 0.717) is 24.5 Å². The van der Waals surface area contributed by atoms with Crippen LogP contribution >= 0.6 is 15.9 Å². The van der Waals surface area contributed by atoms with Crippen LogP contribution in [0.15, 0.2) is 71.2 Å². The number of carbonyl (C=O) groups is 1. The lowest BCUT2D eigenvalue weighted by Gasteiger charge is -2.14. The van der Waals surface area contributed by atoms with Gasteiger partial charge in [0.05, 0.1) is 12.3 Å². The highest BCUT2D eigenvalue weighted by molar-refractivity contribution is 9.10. The van der Waals surface area contributed by atoms with Crippen LogP contribution in [0.4, 0.5) is 5.69 Å². The molecule has 0 saturated carbocycles. The number of hydrogen-bond acceptors (Lipinski definition) is 3. The second kappa shape index (κ2) is 9.42. The molecule has 4 nitrogen and oxygen atoms in total. The van der Waals surface area contributed by atoms with Crippen molar-refractivity contribution in [1.82, 2.24) is 0 Å². The Balaban J connectivity index is 1.79. The smallest absolute Gasteiger partial charge is 0.255 e. The van der Waals surface area contributed by atoms with E-state index in [1.807, 2.05) is 74.5 Å². The molecule has 1 N–H and O–H groups in total. The van der Waals surface area contributed by atoms with E-state index in [-0.39, 0.29) is 5.91 Å². The predicted octanol–water partition coefficient (Wildman–Crippen LogP) is 5.99. The van der Waals surface area contributed by atoms with Crippen molar-refractivity contribution in [3.63, 3.8) is 0 Å². The number of benzene rings is 3. The van der Waals surface area contributed by atoms with Gasteiger partial charge in [0.15, 0.2) is 0 Å². The van der Waals surface area contributed by atoms with Gasteiger partial charge < -0.3 is 14.8 Å². The molecule has 28 heavy (non-hydrogen) atoms. The summed E-state index contributed by atoms with van der Waals surface area (Å²) in [5, 5.41) is 2.92. The molecule has 0 aliphatic carbocycles. The SMILES string of the molecule is CCOc1ccc(C(=O)Nc2ccccc2Br)cc1COc1ccc(C)cc1. The fourth-order valence-electron chi connectivity index (χ4n) is 2.68. The van der Waals surface area contributed by atoms with E-state index < -0.39 is 0 Å². The third-order valence-electron chi connectivity index (χ3n) is 4.16. The molecule has 0 atom stereocenters. The van der Waals surface area contributed by atoms with E-state index >= 15 is 0 Å². The summed E-state index contributed by atoms with van der Waals surface area (Å²) in [7, 11) is 0. The van der Waals surface area contributed by atoms with Gasteiger partial charge >= 0.3 is 0 Å². The van der Waals surface area contributed by atoms with Crippen molar-refractivity contribution in [2.45, 2.75) is 20.5 Å². The second-order valence-electron chi connectivity index (χ2n) is 6.29. The molecule has 0 unspecified atom stereocenters. The zero-order valence-electron chi connectivity index (χ0n) is 15.9. The Morgan fingerprint density at radius 3 is 2.46 bits per heavy atom. The Morgan fingerprint density at radius 1 is 1.00 bits per heavy atom. The molecule has 3 rings (SSSR count). The second-order valence-corrected chi connectivity index (χ2v) is 7.15. The average Bonchev–Trinajstić information content (AvgIpc) is 2.70. The molecule has 0 aliphatic rings. The van der Waals surface area contributed by atoms with Gasteiger partial charge in [-0.05, 0) is 72.2 Å². The average molecular weight is 440 g/mol. The van der Waals surface area contributed by atoms with Crippen molar-refractivity contribution in [3.05, 3.63) is 87.9 Å². The third kappa shape index (κ3) is 5.14. The quantitative estimate of drug-likeness (QED) is 0.491. The molecule has 144 valence electrons. The Morgan fingerprint density at radius 2 is 1.75 bits per heavy atom. The van der Waals surface area contributed by atoms with Gasteiger partial charge in [0.1, 0.15) is 18.1 Å². The molecule has 5 heteroatoms. The van der Waals surface area contributed by atoms with Gasteiger partial charge in [-0.3, -0.25) is 4.79 Å². The van der Waals surface area contributed by atoms with Crippen LogP contribution in [0.2, 0.25) is 0 Å². The molecule has 0 aliphatic heterocycles. The van der Waals surface area contributed by atoms with Crippen molar-refractivity contribution >= 4 is 27.5 Å². The molecule has 0 saturated heterocycles. The van der Waals surface area contributed by atoms with E-state index in [4.69, 9.17) is 9.47 Å². The van der Waals surface area contributed by atoms with E-state index in [9.17, 15) is 4.79 Å². The maximum Gasteiger partial charge on any atom is 0.255 e. The Kier molecular flexibility index (Phi) is 6.71. The normalized spacial score (nSPS) is 10.4. The van der Waals surface area contributed by atoms with Crippen molar-refractivity contribution in [1.29, 1.82) is 0 Å². The molecule has 0 heterocycles. The van der Waals surface area contributed by atoms with Crippen LogP contribution in [0.3, 0.4) is 0 Å². The first-order valence-corrected chi connectivity index (χ1v) is 9.87. The fourth-order valence-corrected chi connectivity index (χ4v) is 3.07. The summed E-state index contributed by atoms with van der Waals surface area (Å²) < 4.78 is 12.4. The maximum atomic E-state index is 12.7. The lowest BCUT2D eigenvalue weighted by molar-refractivity contribution is 0.102. The summed E-state index contributed by atoms with van der Waals surface area (Å²) in [5.74, 6) is 1.30. The zero-order chi connectivity index (χ0) is 19.9. The number of para-hydroxylation sites is 1. The highest BCUT2D eigenvalue weighted by Gasteiger charge is 2.13. The lowest BCUT2D eigenvalue weighted by Crippen LogP contribution is -2.13. The number of anilines is 1. The lowest BCUT2D eigenvalue weighted by atomic mass is 10.1. The van der Waals surface area contributed by atoms with E-state index in [1.165, 1.54) is 5.56 Å². The molecule has 0 radical (unpaired) electrons. The van der Waals surface area contributed by atoms with Gasteiger partial charge in [0.25, 0.3) is 5.91 Å². The number of halogens is 1. The van der Waals surface area contributed by atoms with Crippen LogP contribution in [0, 0.1) is 6.92 Å². The first-order chi connectivity index (χ1) is 13.6.